The molecule has 0 bridgehead atoms. The number of benzene rings is 1. The summed E-state index contributed by atoms with van der Waals surface area (Å²) < 4.78 is 0. The third-order valence-electron chi connectivity index (χ3n) is 2.64. The van der Waals surface area contributed by atoms with Crippen molar-refractivity contribution in [2.24, 2.45) is 0 Å². The number of rotatable bonds is 6. The van der Waals surface area contributed by atoms with Crippen LogP contribution in [0.4, 0.5) is 10.8 Å². The first-order valence-electron chi connectivity index (χ1n) is 6.16. The predicted molar refractivity (Wildman–Crippen MR) is 82.8 cm³/mol. The van der Waals surface area contributed by atoms with Crippen LogP contribution in [0.5, 0.6) is 0 Å². The van der Waals surface area contributed by atoms with Crippen molar-refractivity contribution in [2.75, 3.05) is 11.2 Å². The van der Waals surface area contributed by atoms with Crippen molar-refractivity contribution in [3.8, 4) is 11.3 Å². The van der Waals surface area contributed by atoms with Crippen LogP contribution in [0, 0.1) is 10.1 Å². The summed E-state index contributed by atoms with van der Waals surface area (Å²) in [6.07, 6.45) is 0.950. The van der Waals surface area contributed by atoms with Crippen LogP contribution in [-0.2, 0) is 4.79 Å². The van der Waals surface area contributed by atoms with Gasteiger partial charge in [-0.3, -0.25) is 14.9 Å². The fourth-order valence-electron chi connectivity index (χ4n) is 1.65. The maximum atomic E-state index is 11.6. The van der Waals surface area contributed by atoms with Gasteiger partial charge in [0.2, 0.25) is 5.91 Å². The van der Waals surface area contributed by atoms with E-state index in [0.29, 0.717) is 35.1 Å². The molecular formula is C13H12ClN3O3S. The van der Waals surface area contributed by atoms with Crippen LogP contribution >= 0.6 is 22.9 Å². The summed E-state index contributed by atoms with van der Waals surface area (Å²) in [5.74, 6) is 0.292. The van der Waals surface area contributed by atoms with E-state index >= 15 is 0 Å². The number of nitro benzene ring substituents is 1. The molecule has 0 radical (unpaired) electrons. The number of aromatic nitrogens is 1. The molecule has 2 aromatic rings. The van der Waals surface area contributed by atoms with Gasteiger partial charge < -0.3 is 5.32 Å². The van der Waals surface area contributed by atoms with Gasteiger partial charge in [0.05, 0.1) is 10.6 Å². The Morgan fingerprint density at radius 1 is 1.48 bits per heavy atom. The highest BCUT2D eigenvalue weighted by molar-refractivity contribution is 7.14. The zero-order chi connectivity index (χ0) is 15.2. The predicted octanol–water partition coefficient (Wildman–Crippen LogP) is 3.68. The molecule has 0 saturated carbocycles. The second kappa shape index (κ2) is 7.14. The van der Waals surface area contributed by atoms with E-state index in [9.17, 15) is 14.9 Å². The highest BCUT2D eigenvalue weighted by Gasteiger charge is 2.11. The van der Waals surface area contributed by atoms with Crippen molar-refractivity contribution < 1.29 is 9.72 Å². The second-order valence-corrected chi connectivity index (χ2v) is 5.42. The Bertz CT molecular complexity index is 660. The molecule has 0 aliphatic rings. The average Bonchev–Trinajstić information content (AvgIpc) is 2.93. The van der Waals surface area contributed by atoms with Gasteiger partial charge in [0.25, 0.3) is 5.69 Å². The van der Waals surface area contributed by atoms with Crippen molar-refractivity contribution >= 4 is 39.7 Å². The molecule has 21 heavy (non-hydrogen) atoms. The molecular weight excluding hydrogens is 314 g/mol. The number of thiazole rings is 1. The van der Waals surface area contributed by atoms with Crippen molar-refractivity contribution in [1.82, 2.24) is 4.98 Å². The molecule has 1 aromatic heterocycles. The van der Waals surface area contributed by atoms with Gasteiger partial charge in [0.1, 0.15) is 0 Å². The molecule has 0 aliphatic carbocycles. The summed E-state index contributed by atoms with van der Waals surface area (Å²) >= 11 is 6.80. The summed E-state index contributed by atoms with van der Waals surface area (Å²) in [4.78, 5) is 26.1. The molecule has 110 valence electrons. The van der Waals surface area contributed by atoms with Gasteiger partial charge in [-0.25, -0.2) is 4.98 Å². The lowest BCUT2D eigenvalue weighted by Gasteiger charge is -1.99. The molecule has 0 unspecified atom stereocenters. The minimum atomic E-state index is -0.454. The number of halogens is 1. The lowest BCUT2D eigenvalue weighted by molar-refractivity contribution is -0.384. The van der Waals surface area contributed by atoms with Crippen LogP contribution in [0.15, 0.2) is 29.6 Å². The molecule has 1 heterocycles. The highest BCUT2D eigenvalue weighted by Crippen LogP contribution is 2.27. The van der Waals surface area contributed by atoms with Gasteiger partial charge >= 0.3 is 0 Å². The Hall–Kier alpha value is -1.99. The van der Waals surface area contributed by atoms with Crippen LogP contribution < -0.4 is 5.32 Å². The summed E-state index contributed by atoms with van der Waals surface area (Å²) in [5, 5.41) is 15.7. The van der Waals surface area contributed by atoms with Crippen LogP contribution in [-0.4, -0.2) is 21.7 Å². The quantitative estimate of drug-likeness (QED) is 0.498. The molecule has 2 rings (SSSR count). The van der Waals surface area contributed by atoms with Crippen LogP contribution in [0.2, 0.25) is 0 Å². The third kappa shape index (κ3) is 4.24. The number of nitrogens with zero attached hydrogens (tertiary/aromatic N) is 2. The fraction of sp³-hybridized carbons (Fsp3) is 0.231. The number of nitro groups is 1. The Morgan fingerprint density at radius 2 is 2.29 bits per heavy atom. The molecule has 6 nitrogen and oxygen atoms in total. The SMILES string of the molecule is O=C(CCCCl)Nc1nc(-c2cccc([N+](=O)[O-])c2)cs1. The Kier molecular flexibility index (Phi) is 5.24. The number of amides is 1. The minimum absolute atomic E-state index is 0.00759. The molecule has 0 aliphatic heterocycles. The zero-order valence-electron chi connectivity index (χ0n) is 10.9. The Labute approximate surface area is 129 Å². The van der Waals surface area contributed by atoms with E-state index in [1.54, 1.807) is 17.5 Å². The molecule has 0 spiro atoms. The Morgan fingerprint density at radius 3 is 3.00 bits per heavy atom. The zero-order valence-corrected chi connectivity index (χ0v) is 12.5. The number of anilines is 1. The van der Waals surface area contributed by atoms with Gasteiger partial charge in [0, 0.05) is 35.4 Å². The topological polar surface area (TPSA) is 85.1 Å². The monoisotopic (exact) mass is 325 g/mol. The lowest BCUT2D eigenvalue weighted by Crippen LogP contribution is -2.10. The van der Waals surface area contributed by atoms with Crippen molar-refractivity contribution in [3.05, 3.63) is 39.8 Å². The number of hydrogen-bond donors (Lipinski definition) is 1. The number of carbonyl (C=O) groups is 1. The summed E-state index contributed by atoms with van der Waals surface area (Å²) in [6.45, 7) is 0. The normalized spacial score (nSPS) is 10.3. The maximum Gasteiger partial charge on any atom is 0.270 e. The van der Waals surface area contributed by atoms with Gasteiger partial charge in [-0.1, -0.05) is 12.1 Å². The van der Waals surface area contributed by atoms with Crippen molar-refractivity contribution in [1.29, 1.82) is 0 Å². The van der Waals surface area contributed by atoms with Gasteiger partial charge in [-0.15, -0.1) is 22.9 Å². The summed E-state index contributed by atoms with van der Waals surface area (Å²) in [7, 11) is 0. The first kappa shape index (κ1) is 15.4. The lowest BCUT2D eigenvalue weighted by atomic mass is 10.1. The molecule has 1 aromatic carbocycles. The van der Waals surface area contributed by atoms with Crippen molar-refractivity contribution in [2.45, 2.75) is 12.8 Å². The molecule has 0 atom stereocenters. The first-order valence-corrected chi connectivity index (χ1v) is 7.57. The van der Waals surface area contributed by atoms with Crippen LogP contribution in [0.3, 0.4) is 0 Å². The number of non-ortho nitro benzene ring substituents is 1. The Balaban J connectivity index is 2.11. The second-order valence-electron chi connectivity index (χ2n) is 4.19. The maximum absolute atomic E-state index is 11.6. The number of hydrogen-bond acceptors (Lipinski definition) is 5. The molecule has 1 amide bonds. The molecule has 0 saturated heterocycles. The smallest absolute Gasteiger partial charge is 0.270 e. The van der Waals surface area contributed by atoms with Gasteiger partial charge in [0.15, 0.2) is 5.13 Å². The number of alkyl halides is 1. The van der Waals surface area contributed by atoms with Gasteiger partial charge in [-0.05, 0) is 6.42 Å². The van der Waals surface area contributed by atoms with E-state index in [0.717, 1.165) is 0 Å². The van der Waals surface area contributed by atoms with E-state index in [1.165, 1.54) is 23.5 Å². The minimum Gasteiger partial charge on any atom is -0.302 e. The van der Waals surface area contributed by atoms with E-state index in [2.05, 4.69) is 10.3 Å². The van der Waals surface area contributed by atoms with Gasteiger partial charge in [-0.2, -0.15) is 0 Å². The average molecular weight is 326 g/mol. The largest absolute Gasteiger partial charge is 0.302 e. The van der Waals surface area contributed by atoms with E-state index in [-0.39, 0.29) is 11.6 Å². The van der Waals surface area contributed by atoms with Crippen molar-refractivity contribution in [3.63, 3.8) is 0 Å². The highest BCUT2D eigenvalue weighted by atomic mass is 35.5. The first-order chi connectivity index (χ1) is 10.1. The molecule has 0 fully saturated rings. The molecule has 8 heteroatoms. The van der Waals surface area contributed by atoms with E-state index in [1.807, 2.05) is 0 Å². The van der Waals surface area contributed by atoms with Crippen LogP contribution in [0.1, 0.15) is 12.8 Å². The standard InChI is InChI=1S/C13H12ClN3O3S/c14-6-2-5-12(18)16-13-15-11(8-21-13)9-3-1-4-10(7-9)17(19)20/h1,3-4,7-8H,2,5-6H2,(H,15,16,18). The van der Waals surface area contributed by atoms with E-state index in [4.69, 9.17) is 11.6 Å². The van der Waals surface area contributed by atoms with Crippen LogP contribution in [0.25, 0.3) is 11.3 Å². The number of carbonyl (C=O) groups excluding carboxylic acids is 1. The third-order valence-corrected chi connectivity index (χ3v) is 3.67. The molecule has 1 N–H and O–H groups in total. The van der Waals surface area contributed by atoms with E-state index < -0.39 is 4.92 Å². The summed E-state index contributed by atoms with van der Waals surface area (Å²) in [6, 6.07) is 6.21. The number of nitrogens with one attached hydrogen (secondary N) is 1. The summed E-state index contributed by atoms with van der Waals surface area (Å²) in [5.41, 5.74) is 1.24. The fourth-order valence-corrected chi connectivity index (χ4v) is 2.52.